The third-order valence-corrected chi connectivity index (χ3v) is 3.85. The van der Waals surface area contributed by atoms with E-state index in [9.17, 15) is 4.79 Å². The Morgan fingerprint density at radius 2 is 1.62 bits per heavy atom. The van der Waals surface area contributed by atoms with Gasteiger partial charge in [0.05, 0.1) is 6.10 Å². The molecule has 21 heavy (non-hydrogen) atoms. The second-order valence-corrected chi connectivity index (χ2v) is 6.14. The molecule has 0 radical (unpaired) electrons. The number of carboxylic acids is 1. The molecule has 0 bridgehead atoms. The van der Waals surface area contributed by atoms with Crippen molar-refractivity contribution < 1.29 is 14.6 Å². The second-order valence-electron chi connectivity index (χ2n) is 4.89. The van der Waals surface area contributed by atoms with Crippen LogP contribution in [0.1, 0.15) is 19.8 Å². The minimum Gasteiger partial charge on any atom is -0.491 e. The van der Waals surface area contributed by atoms with Crippen molar-refractivity contribution in [3.63, 3.8) is 0 Å². The zero-order chi connectivity index (χ0) is 15.2. The average Bonchev–Trinajstić information content (AvgIpc) is 2.47. The molecular formula is C17H17IO3. The molecular weight excluding hydrogens is 379 g/mol. The van der Waals surface area contributed by atoms with Crippen molar-refractivity contribution in [2.75, 3.05) is 0 Å². The molecule has 0 aromatic heterocycles. The van der Waals surface area contributed by atoms with Gasteiger partial charge in [-0.05, 0) is 71.3 Å². The van der Waals surface area contributed by atoms with Gasteiger partial charge in [0.2, 0.25) is 0 Å². The molecule has 2 rings (SSSR count). The van der Waals surface area contributed by atoms with E-state index in [1.54, 1.807) is 0 Å². The van der Waals surface area contributed by atoms with Gasteiger partial charge in [-0.2, -0.15) is 0 Å². The Morgan fingerprint density at radius 3 is 2.14 bits per heavy atom. The van der Waals surface area contributed by atoms with Gasteiger partial charge in [-0.25, -0.2) is 0 Å². The van der Waals surface area contributed by atoms with Crippen LogP contribution < -0.4 is 4.74 Å². The Bertz CT molecular complexity index is 590. The number of ether oxygens (including phenoxy) is 1. The van der Waals surface area contributed by atoms with Gasteiger partial charge in [0.25, 0.3) is 0 Å². The lowest BCUT2D eigenvalue weighted by Crippen LogP contribution is -2.13. The molecule has 3 nitrogen and oxygen atoms in total. The zero-order valence-corrected chi connectivity index (χ0v) is 13.9. The molecule has 4 heteroatoms. The van der Waals surface area contributed by atoms with E-state index in [-0.39, 0.29) is 12.5 Å². The molecule has 0 saturated carbocycles. The van der Waals surface area contributed by atoms with Crippen molar-refractivity contribution in [2.24, 2.45) is 0 Å². The third-order valence-electron chi connectivity index (χ3n) is 3.13. The summed E-state index contributed by atoms with van der Waals surface area (Å²) in [6, 6.07) is 16.2. The number of rotatable bonds is 6. The van der Waals surface area contributed by atoms with E-state index in [0.717, 1.165) is 11.3 Å². The fraction of sp³-hybridized carbons (Fsp3) is 0.235. The van der Waals surface area contributed by atoms with Crippen LogP contribution in [0.3, 0.4) is 0 Å². The van der Waals surface area contributed by atoms with E-state index < -0.39 is 5.97 Å². The Morgan fingerprint density at radius 1 is 1.10 bits per heavy atom. The second kappa shape index (κ2) is 7.45. The molecule has 0 heterocycles. The highest BCUT2D eigenvalue weighted by molar-refractivity contribution is 14.1. The summed E-state index contributed by atoms with van der Waals surface area (Å²) < 4.78 is 6.92. The van der Waals surface area contributed by atoms with Gasteiger partial charge < -0.3 is 9.84 Å². The molecule has 0 amide bonds. The summed E-state index contributed by atoms with van der Waals surface area (Å²) in [7, 11) is 0. The number of carbonyl (C=O) groups is 1. The monoisotopic (exact) mass is 396 g/mol. The van der Waals surface area contributed by atoms with E-state index in [2.05, 4.69) is 46.9 Å². The van der Waals surface area contributed by atoms with E-state index in [4.69, 9.17) is 9.84 Å². The van der Waals surface area contributed by atoms with Crippen LogP contribution >= 0.6 is 22.6 Å². The normalized spacial score (nSPS) is 11.9. The largest absolute Gasteiger partial charge is 0.491 e. The van der Waals surface area contributed by atoms with Crippen molar-refractivity contribution in [1.82, 2.24) is 0 Å². The molecule has 0 aliphatic heterocycles. The van der Waals surface area contributed by atoms with Crippen molar-refractivity contribution in [2.45, 2.75) is 25.9 Å². The van der Waals surface area contributed by atoms with Crippen molar-refractivity contribution >= 4 is 28.6 Å². The van der Waals surface area contributed by atoms with E-state index in [0.29, 0.717) is 6.42 Å². The summed E-state index contributed by atoms with van der Waals surface area (Å²) in [5, 5.41) is 8.65. The van der Waals surface area contributed by atoms with E-state index in [1.807, 2.05) is 31.2 Å². The highest BCUT2D eigenvalue weighted by Crippen LogP contribution is 2.24. The highest BCUT2D eigenvalue weighted by Gasteiger charge is 2.07. The molecule has 0 spiro atoms. The lowest BCUT2D eigenvalue weighted by atomic mass is 10.1. The average molecular weight is 396 g/mol. The van der Waals surface area contributed by atoms with Gasteiger partial charge >= 0.3 is 5.97 Å². The van der Waals surface area contributed by atoms with Crippen LogP contribution in [0.4, 0.5) is 0 Å². The first kappa shape index (κ1) is 15.8. The van der Waals surface area contributed by atoms with E-state index in [1.165, 1.54) is 9.13 Å². The molecule has 1 unspecified atom stereocenters. The smallest absolute Gasteiger partial charge is 0.303 e. The Balaban J connectivity index is 1.98. The van der Waals surface area contributed by atoms with Crippen LogP contribution in [0, 0.1) is 3.57 Å². The highest BCUT2D eigenvalue weighted by atomic mass is 127. The summed E-state index contributed by atoms with van der Waals surface area (Å²) in [6.07, 6.45) is 0.529. The summed E-state index contributed by atoms with van der Waals surface area (Å²) in [6.45, 7) is 1.88. The van der Waals surface area contributed by atoms with Gasteiger partial charge in [0.15, 0.2) is 0 Å². The minimum absolute atomic E-state index is 0.106. The first-order valence-corrected chi connectivity index (χ1v) is 7.87. The Hall–Kier alpha value is -1.56. The number of hydrogen-bond acceptors (Lipinski definition) is 2. The lowest BCUT2D eigenvalue weighted by Gasteiger charge is -2.14. The predicted molar refractivity (Wildman–Crippen MR) is 91.6 cm³/mol. The van der Waals surface area contributed by atoms with Crippen LogP contribution in [0.2, 0.25) is 0 Å². The van der Waals surface area contributed by atoms with Crippen molar-refractivity contribution in [1.29, 1.82) is 0 Å². The standard InChI is InChI=1S/C17H17IO3/c1-12(2-11-17(19)20)21-16-9-5-14(6-10-16)13-3-7-15(18)8-4-13/h3-10,12H,2,11H2,1H3,(H,19,20). The molecule has 0 saturated heterocycles. The molecule has 2 aromatic rings. The van der Waals surface area contributed by atoms with Crippen LogP contribution in [0.25, 0.3) is 11.1 Å². The number of benzene rings is 2. The first-order chi connectivity index (χ1) is 10.0. The SMILES string of the molecule is CC(CCC(=O)O)Oc1ccc(-c2ccc(I)cc2)cc1. The summed E-state index contributed by atoms with van der Waals surface area (Å²) in [4.78, 5) is 10.5. The van der Waals surface area contributed by atoms with Crippen LogP contribution in [-0.2, 0) is 4.79 Å². The van der Waals surface area contributed by atoms with Gasteiger partial charge in [-0.3, -0.25) is 4.79 Å². The molecule has 1 N–H and O–H groups in total. The fourth-order valence-corrected chi connectivity index (χ4v) is 2.35. The lowest BCUT2D eigenvalue weighted by molar-refractivity contribution is -0.137. The minimum atomic E-state index is -0.792. The summed E-state index contributed by atoms with van der Waals surface area (Å²) in [5.41, 5.74) is 2.30. The van der Waals surface area contributed by atoms with Crippen LogP contribution in [-0.4, -0.2) is 17.2 Å². The summed E-state index contributed by atoms with van der Waals surface area (Å²) in [5.74, 6) is -0.0262. The molecule has 2 aromatic carbocycles. The molecule has 110 valence electrons. The number of hydrogen-bond donors (Lipinski definition) is 1. The number of aliphatic carboxylic acids is 1. The molecule has 0 fully saturated rings. The maximum absolute atomic E-state index is 10.5. The Labute approximate surface area is 138 Å². The van der Waals surface area contributed by atoms with Gasteiger partial charge in [0, 0.05) is 9.99 Å². The van der Waals surface area contributed by atoms with E-state index >= 15 is 0 Å². The quantitative estimate of drug-likeness (QED) is 0.727. The maximum Gasteiger partial charge on any atom is 0.303 e. The topological polar surface area (TPSA) is 46.5 Å². The first-order valence-electron chi connectivity index (χ1n) is 6.79. The summed E-state index contributed by atoms with van der Waals surface area (Å²) >= 11 is 2.28. The zero-order valence-electron chi connectivity index (χ0n) is 11.8. The number of halogens is 1. The molecule has 1 atom stereocenters. The molecule has 0 aliphatic rings. The predicted octanol–water partition coefficient (Wildman–Crippen LogP) is 4.59. The number of carboxylic acid groups (broad SMARTS) is 1. The van der Waals surface area contributed by atoms with Crippen LogP contribution in [0.5, 0.6) is 5.75 Å². The fourth-order valence-electron chi connectivity index (χ4n) is 1.99. The maximum atomic E-state index is 10.5. The van der Waals surface area contributed by atoms with Crippen molar-refractivity contribution in [3.05, 3.63) is 52.1 Å². The van der Waals surface area contributed by atoms with Crippen LogP contribution in [0.15, 0.2) is 48.5 Å². The van der Waals surface area contributed by atoms with Gasteiger partial charge in [-0.15, -0.1) is 0 Å². The third kappa shape index (κ3) is 5.04. The van der Waals surface area contributed by atoms with Crippen molar-refractivity contribution in [3.8, 4) is 16.9 Å². The molecule has 0 aliphatic carbocycles. The van der Waals surface area contributed by atoms with Gasteiger partial charge in [0.1, 0.15) is 5.75 Å². The Kier molecular flexibility index (Phi) is 5.61. The van der Waals surface area contributed by atoms with Gasteiger partial charge in [-0.1, -0.05) is 24.3 Å².